The van der Waals surface area contributed by atoms with E-state index in [0.717, 1.165) is 6.07 Å². The van der Waals surface area contributed by atoms with Gasteiger partial charge in [-0.15, -0.1) is 0 Å². The molecule has 0 aliphatic heterocycles. The van der Waals surface area contributed by atoms with E-state index in [0.29, 0.717) is 0 Å². The SMILES string of the molecule is O=C(O)CC#Cc1ccc(C(=O)O)cc1[N+](=O)[O-]. The van der Waals surface area contributed by atoms with Crippen molar-refractivity contribution in [2.24, 2.45) is 0 Å². The smallest absolute Gasteiger partial charge is 0.335 e. The number of nitro groups is 1. The van der Waals surface area contributed by atoms with Crippen LogP contribution in [-0.4, -0.2) is 27.1 Å². The van der Waals surface area contributed by atoms with Crippen molar-refractivity contribution in [3.8, 4) is 11.8 Å². The van der Waals surface area contributed by atoms with E-state index in [4.69, 9.17) is 10.2 Å². The zero-order valence-electron chi connectivity index (χ0n) is 8.91. The van der Waals surface area contributed by atoms with Crippen LogP contribution in [0.3, 0.4) is 0 Å². The van der Waals surface area contributed by atoms with Gasteiger partial charge in [0.15, 0.2) is 0 Å². The number of hydrogen-bond acceptors (Lipinski definition) is 4. The van der Waals surface area contributed by atoms with Crippen LogP contribution in [0.25, 0.3) is 0 Å². The van der Waals surface area contributed by atoms with Crippen LogP contribution in [0.15, 0.2) is 18.2 Å². The first-order valence-electron chi connectivity index (χ1n) is 4.64. The van der Waals surface area contributed by atoms with E-state index in [1.54, 1.807) is 0 Å². The summed E-state index contributed by atoms with van der Waals surface area (Å²) in [5, 5.41) is 27.8. The number of carboxylic acid groups (broad SMARTS) is 2. The molecule has 0 aliphatic carbocycles. The topological polar surface area (TPSA) is 118 Å². The number of nitro benzene ring substituents is 1. The van der Waals surface area contributed by atoms with E-state index >= 15 is 0 Å². The van der Waals surface area contributed by atoms with Gasteiger partial charge in [0.05, 0.1) is 10.5 Å². The second kappa shape index (κ2) is 5.45. The fourth-order valence-electron chi connectivity index (χ4n) is 1.14. The molecule has 0 atom stereocenters. The molecule has 0 unspecified atom stereocenters. The minimum absolute atomic E-state index is 0.0220. The summed E-state index contributed by atoms with van der Waals surface area (Å²) in [7, 11) is 0. The highest BCUT2D eigenvalue weighted by Crippen LogP contribution is 2.19. The molecule has 0 aromatic heterocycles. The number of aromatic carboxylic acids is 1. The Morgan fingerprint density at radius 3 is 2.50 bits per heavy atom. The van der Waals surface area contributed by atoms with Gasteiger partial charge < -0.3 is 10.2 Å². The minimum Gasteiger partial charge on any atom is -0.481 e. The maximum absolute atomic E-state index is 10.7. The van der Waals surface area contributed by atoms with Gasteiger partial charge >= 0.3 is 11.9 Å². The average molecular weight is 249 g/mol. The Labute approximate surface area is 101 Å². The van der Waals surface area contributed by atoms with Crippen molar-refractivity contribution >= 4 is 17.6 Å². The molecule has 1 rings (SSSR count). The highest BCUT2D eigenvalue weighted by atomic mass is 16.6. The van der Waals surface area contributed by atoms with Crippen LogP contribution in [0, 0.1) is 22.0 Å². The van der Waals surface area contributed by atoms with Crippen LogP contribution in [-0.2, 0) is 4.79 Å². The van der Waals surface area contributed by atoms with Crippen molar-refractivity contribution in [1.29, 1.82) is 0 Å². The zero-order valence-corrected chi connectivity index (χ0v) is 8.91. The van der Waals surface area contributed by atoms with Crippen LogP contribution in [0.1, 0.15) is 22.3 Å². The van der Waals surface area contributed by atoms with Crippen LogP contribution < -0.4 is 0 Å². The predicted molar refractivity (Wildman–Crippen MR) is 59.2 cm³/mol. The number of hydrogen-bond donors (Lipinski definition) is 2. The Bertz CT molecular complexity index is 581. The summed E-state index contributed by atoms with van der Waals surface area (Å²) < 4.78 is 0. The first-order valence-corrected chi connectivity index (χ1v) is 4.64. The first kappa shape index (κ1) is 13.2. The van der Waals surface area contributed by atoms with Gasteiger partial charge in [-0.25, -0.2) is 4.79 Å². The third-order valence-corrected chi connectivity index (χ3v) is 1.90. The largest absolute Gasteiger partial charge is 0.481 e. The number of aliphatic carboxylic acids is 1. The Hall–Kier alpha value is -2.88. The Kier molecular flexibility index (Phi) is 3.99. The van der Waals surface area contributed by atoms with Gasteiger partial charge in [0, 0.05) is 6.07 Å². The molecular formula is C11H7NO6. The molecule has 0 heterocycles. The summed E-state index contributed by atoms with van der Waals surface area (Å²) >= 11 is 0. The van der Waals surface area contributed by atoms with Crippen LogP contribution in [0.5, 0.6) is 0 Å². The standard InChI is InChI=1S/C11H7NO6/c13-10(14)3-1-2-7-4-5-8(11(15)16)6-9(7)12(17)18/h4-6H,3H2,(H,13,14)(H,15,16). The van der Waals surface area contributed by atoms with Gasteiger partial charge in [0.1, 0.15) is 12.0 Å². The maximum Gasteiger partial charge on any atom is 0.335 e. The normalized spacial score (nSPS) is 9.11. The molecule has 1 aromatic carbocycles. The predicted octanol–water partition coefficient (Wildman–Crippen LogP) is 1.12. The van der Waals surface area contributed by atoms with E-state index in [-0.39, 0.29) is 11.1 Å². The van der Waals surface area contributed by atoms with Crippen LogP contribution >= 0.6 is 0 Å². The second-order valence-electron chi connectivity index (χ2n) is 3.17. The van der Waals surface area contributed by atoms with Crippen molar-refractivity contribution in [1.82, 2.24) is 0 Å². The van der Waals surface area contributed by atoms with E-state index in [1.807, 2.05) is 0 Å². The summed E-state index contributed by atoms with van der Waals surface area (Å²) in [6.45, 7) is 0. The van der Waals surface area contributed by atoms with Crippen molar-refractivity contribution < 1.29 is 24.7 Å². The summed E-state index contributed by atoms with van der Waals surface area (Å²) in [5.74, 6) is 2.14. The number of benzene rings is 1. The third-order valence-electron chi connectivity index (χ3n) is 1.90. The lowest BCUT2D eigenvalue weighted by Gasteiger charge is -1.97. The summed E-state index contributed by atoms with van der Waals surface area (Å²) in [5.41, 5.74) is -0.718. The van der Waals surface area contributed by atoms with Gasteiger partial charge in [0.25, 0.3) is 5.69 Å². The molecule has 92 valence electrons. The molecular weight excluding hydrogens is 242 g/mol. The highest BCUT2D eigenvalue weighted by Gasteiger charge is 2.15. The molecule has 0 saturated heterocycles. The Morgan fingerprint density at radius 2 is 2.00 bits per heavy atom. The first-order chi connectivity index (χ1) is 8.41. The zero-order chi connectivity index (χ0) is 13.7. The molecule has 0 spiro atoms. The molecule has 0 amide bonds. The summed E-state index contributed by atoms with van der Waals surface area (Å²) in [4.78, 5) is 30.8. The van der Waals surface area contributed by atoms with Gasteiger partial charge in [-0.3, -0.25) is 14.9 Å². The number of rotatable bonds is 3. The molecule has 0 fully saturated rings. The molecule has 2 N–H and O–H groups in total. The fraction of sp³-hybridized carbons (Fsp3) is 0.0909. The van der Waals surface area contributed by atoms with Crippen LogP contribution in [0.2, 0.25) is 0 Å². The Balaban J connectivity index is 3.18. The lowest BCUT2D eigenvalue weighted by molar-refractivity contribution is -0.385. The minimum atomic E-state index is -1.29. The number of nitrogens with zero attached hydrogens (tertiary/aromatic N) is 1. The van der Waals surface area contributed by atoms with E-state index in [9.17, 15) is 19.7 Å². The van der Waals surface area contributed by atoms with Gasteiger partial charge in [0.2, 0.25) is 0 Å². The lowest BCUT2D eigenvalue weighted by Crippen LogP contribution is -2.00. The van der Waals surface area contributed by atoms with Crippen LogP contribution in [0.4, 0.5) is 5.69 Å². The lowest BCUT2D eigenvalue weighted by atomic mass is 10.1. The molecule has 18 heavy (non-hydrogen) atoms. The van der Waals surface area contributed by atoms with E-state index < -0.39 is 29.0 Å². The maximum atomic E-state index is 10.7. The van der Waals surface area contributed by atoms with Gasteiger partial charge in [-0.05, 0) is 12.1 Å². The summed E-state index contributed by atoms with van der Waals surface area (Å²) in [6.07, 6.45) is -0.447. The molecule has 7 nitrogen and oxygen atoms in total. The average Bonchev–Trinajstić information content (AvgIpc) is 2.28. The summed E-state index contributed by atoms with van der Waals surface area (Å²) in [6, 6.07) is 3.23. The fourth-order valence-corrected chi connectivity index (χ4v) is 1.14. The van der Waals surface area contributed by atoms with Gasteiger partial charge in [-0.2, -0.15) is 0 Å². The molecule has 0 radical (unpaired) electrons. The molecule has 1 aromatic rings. The Morgan fingerprint density at radius 1 is 1.33 bits per heavy atom. The monoisotopic (exact) mass is 249 g/mol. The van der Waals surface area contributed by atoms with Crippen molar-refractivity contribution in [2.45, 2.75) is 6.42 Å². The molecule has 0 aliphatic rings. The molecule has 0 bridgehead atoms. The van der Waals surface area contributed by atoms with Crippen molar-refractivity contribution in [3.05, 3.63) is 39.4 Å². The van der Waals surface area contributed by atoms with Crippen molar-refractivity contribution in [2.75, 3.05) is 0 Å². The number of carbonyl (C=O) groups is 2. The molecule has 7 heteroatoms. The second-order valence-corrected chi connectivity index (χ2v) is 3.17. The van der Waals surface area contributed by atoms with E-state index in [2.05, 4.69) is 11.8 Å². The highest BCUT2D eigenvalue weighted by molar-refractivity contribution is 5.88. The number of carboxylic acids is 2. The van der Waals surface area contributed by atoms with Crippen molar-refractivity contribution in [3.63, 3.8) is 0 Å². The molecule has 0 saturated carbocycles. The van der Waals surface area contributed by atoms with E-state index in [1.165, 1.54) is 12.1 Å². The third kappa shape index (κ3) is 3.31. The van der Waals surface area contributed by atoms with Gasteiger partial charge in [-0.1, -0.05) is 11.8 Å². The quantitative estimate of drug-likeness (QED) is 0.470.